The summed E-state index contributed by atoms with van der Waals surface area (Å²) in [6, 6.07) is 15.3. The maximum absolute atomic E-state index is 13.3. The van der Waals surface area contributed by atoms with Crippen molar-refractivity contribution in [3.8, 4) is 10.4 Å². The minimum absolute atomic E-state index is 0.162. The number of ether oxygens (including phenoxy) is 1. The fourth-order valence-electron chi connectivity index (χ4n) is 4.38. The number of amides is 1. The molecule has 1 N–H and O–H groups in total. The molecule has 0 saturated heterocycles. The molecule has 1 atom stereocenters. The van der Waals surface area contributed by atoms with Crippen LogP contribution < -0.4 is 10.9 Å². The average molecular weight is 520 g/mol. The summed E-state index contributed by atoms with van der Waals surface area (Å²) in [5, 5.41) is 3.88. The number of anilines is 1. The van der Waals surface area contributed by atoms with Crippen LogP contribution in [0.1, 0.15) is 35.3 Å². The standard InChI is InChI=1S/C27H25N3O4S2/c1-4-34-26(33)21-19-14-13-16-9-5-6-10-17(16)22(19)36-24(21)29-23(31)15(2)35-27-28-20-12-8-7-11-18(20)25(32)30(27)3/h5-12,15H,4,13-14H2,1-3H3,(H,29,31). The Labute approximate surface area is 216 Å². The number of benzene rings is 2. The summed E-state index contributed by atoms with van der Waals surface area (Å²) in [5.41, 5.74) is 4.11. The van der Waals surface area contributed by atoms with Gasteiger partial charge in [-0.25, -0.2) is 9.78 Å². The number of esters is 1. The maximum atomic E-state index is 13.3. The van der Waals surface area contributed by atoms with E-state index in [-0.39, 0.29) is 18.1 Å². The highest BCUT2D eigenvalue weighted by Gasteiger charge is 2.30. The number of para-hydroxylation sites is 1. The molecule has 0 bridgehead atoms. The lowest BCUT2D eigenvalue weighted by Crippen LogP contribution is -2.26. The van der Waals surface area contributed by atoms with E-state index in [0.717, 1.165) is 22.4 Å². The van der Waals surface area contributed by atoms with E-state index in [1.54, 1.807) is 39.1 Å². The van der Waals surface area contributed by atoms with E-state index < -0.39 is 11.2 Å². The van der Waals surface area contributed by atoms with Crippen molar-refractivity contribution < 1.29 is 14.3 Å². The van der Waals surface area contributed by atoms with E-state index in [1.807, 2.05) is 18.2 Å². The average Bonchev–Trinajstić information content (AvgIpc) is 3.25. The van der Waals surface area contributed by atoms with Crippen LogP contribution in [0.4, 0.5) is 5.00 Å². The van der Waals surface area contributed by atoms with E-state index >= 15 is 0 Å². The van der Waals surface area contributed by atoms with Crippen LogP contribution in [0.15, 0.2) is 58.5 Å². The fraction of sp³-hybridized carbons (Fsp3) is 0.259. The second-order valence-electron chi connectivity index (χ2n) is 8.52. The number of carbonyl (C=O) groups excluding carboxylic acids is 2. The normalized spacial score (nSPS) is 13.1. The van der Waals surface area contributed by atoms with Gasteiger partial charge in [-0.05, 0) is 55.5 Å². The van der Waals surface area contributed by atoms with Crippen LogP contribution in [0.2, 0.25) is 0 Å². The molecule has 0 radical (unpaired) electrons. The van der Waals surface area contributed by atoms with Crippen molar-refractivity contribution in [3.63, 3.8) is 0 Å². The van der Waals surface area contributed by atoms with Gasteiger partial charge in [-0.15, -0.1) is 11.3 Å². The molecule has 1 aliphatic rings. The molecule has 7 nitrogen and oxygen atoms in total. The smallest absolute Gasteiger partial charge is 0.341 e. The van der Waals surface area contributed by atoms with E-state index in [1.165, 1.54) is 33.2 Å². The third-order valence-electron chi connectivity index (χ3n) is 6.22. The minimum atomic E-state index is -0.564. The predicted molar refractivity (Wildman–Crippen MR) is 144 cm³/mol. The number of nitrogens with one attached hydrogen (secondary N) is 1. The second kappa shape index (κ2) is 9.91. The van der Waals surface area contributed by atoms with Crippen LogP contribution >= 0.6 is 23.1 Å². The lowest BCUT2D eigenvalue weighted by Gasteiger charge is -2.17. The molecule has 5 rings (SSSR count). The minimum Gasteiger partial charge on any atom is -0.462 e. The summed E-state index contributed by atoms with van der Waals surface area (Å²) in [7, 11) is 1.65. The number of hydrogen-bond acceptors (Lipinski definition) is 7. The lowest BCUT2D eigenvalue weighted by atomic mass is 9.89. The molecular weight excluding hydrogens is 494 g/mol. The molecule has 2 aromatic heterocycles. The van der Waals surface area contributed by atoms with Gasteiger partial charge in [0.05, 0.1) is 28.3 Å². The zero-order valence-electron chi connectivity index (χ0n) is 20.2. The zero-order chi connectivity index (χ0) is 25.4. The van der Waals surface area contributed by atoms with Crippen LogP contribution in [0.3, 0.4) is 0 Å². The molecular formula is C27H25N3O4S2. The van der Waals surface area contributed by atoms with Crippen molar-refractivity contribution in [2.75, 3.05) is 11.9 Å². The molecule has 36 heavy (non-hydrogen) atoms. The van der Waals surface area contributed by atoms with E-state index in [9.17, 15) is 14.4 Å². The van der Waals surface area contributed by atoms with Crippen LogP contribution in [-0.4, -0.2) is 33.3 Å². The zero-order valence-corrected chi connectivity index (χ0v) is 21.8. The topological polar surface area (TPSA) is 90.3 Å². The summed E-state index contributed by atoms with van der Waals surface area (Å²) >= 11 is 2.61. The lowest BCUT2D eigenvalue weighted by molar-refractivity contribution is -0.115. The number of thiophene rings is 1. The van der Waals surface area contributed by atoms with Gasteiger partial charge in [0.15, 0.2) is 5.16 Å². The molecule has 0 fully saturated rings. The Morgan fingerprint density at radius 2 is 1.92 bits per heavy atom. The predicted octanol–water partition coefficient (Wildman–Crippen LogP) is 5.06. The Morgan fingerprint density at radius 3 is 2.72 bits per heavy atom. The Balaban J connectivity index is 1.45. The number of aryl methyl sites for hydroxylation is 1. The van der Waals surface area contributed by atoms with Crippen molar-refractivity contribution in [2.24, 2.45) is 7.05 Å². The number of nitrogens with zero attached hydrogens (tertiary/aromatic N) is 2. The number of aromatic nitrogens is 2. The first-order chi connectivity index (χ1) is 17.4. The van der Waals surface area contributed by atoms with Gasteiger partial charge in [0.25, 0.3) is 5.56 Å². The molecule has 184 valence electrons. The quantitative estimate of drug-likeness (QED) is 0.218. The van der Waals surface area contributed by atoms with Crippen molar-refractivity contribution in [3.05, 3.63) is 75.6 Å². The van der Waals surface area contributed by atoms with Crippen molar-refractivity contribution >= 4 is 50.9 Å². The monoisotopic (exact) mass is 519 g/mol. The molecule has 0 saturated carbocycles. The van der Waals surface area contributed by atoms with Gasteiger partial charge in [0, 0.05) is 11.9 Å². The van der Waals surface area contributed by atoms with Gasteiger partial charge in [0.2, 0.25) is 5.91 Å². The summed E-state index contributed by atoms with van der Waals surface area (Å²) in [4.78, 5) is 44.5. The fourth-order valence-corrected chi connectivity index (χ4v) is 6.55. The Bertz CT molecular complexity index is 1560. The van der Waals surface area contributed by atoms with E-state index in [2.05, 4.69) is 22.4 Å². The van der Waals surface area contributed by atoms with E-state index in [4.69, 9.17) is 4.74 Å². The van der Waals surface area contributed by atoms with Gasteiger partial charge >= 0.3 is 5.97 Å². The van der Waals surface area contributed by atoms with Crippen molar-refractivity contribution in [2.45, 2.75) is 37.1 Å². The maximum Gasteiger partial charge on any atom is 0.341 e. The van der Waals surface area contributed by atoms with Crippen LogP contribution in [0, 0.1) is 0 Å². The third-order valence-corrected chi connectivity index (χ3v) is 8.55. The Morgan fingerprint density at radius 1 is 1.17 bits per heavy atom. The largest absolute Gasteiger partial charge is 0.462 e. The summed E-state index contributed by atoms with van der Waals surface area (Å²) in [5.74, 6) is -0.705. The van der Waals surface area contributed by atoms with Gasteiger partial charge in [-0.3, -0.25) is 14.2 Å². The van der Waals surface area contributed by atoms with Gasteiger partial charge in [0.1, 0.15) is 5.00 Å². The third kappa shape index (κ3) is 4.33. The molecule has 0 aliphatic heterocycles. The van der Waals surface area contributed by atoms with Crippen molar-refractivity contribution in [1.82, 2.24) is 9.55 Å². The Kier molecular flexibility index (Phi) is 6.68. The summed E-state index contributed by atoms with van der Waals surface area (Å²) in [6.07, 6.45) is 1.54. The number of fused-ring (bicyclic) bond motifs is 4. The second-order valence-corrected chi connectivity index (χ2v) is 10.8. The highest BCUT2D eigenvalue weighted by molar-refractivity contribution is 8.00. The molecule has 9 heteroatoms. The summed E-state index contributed by atoms with van der Waals surface area (Å²) in [6.45, 7) is 3.78. The number of thioether (sulfide) groups is 1. The Hall–Kier alpha value is -3.43. The molecule has 1 amide bonds. The van der Waals surface area contributed by atoms with Gasteiger partial charge in [-0.2, -0.15) is 0 Å². The SMILES string of the molecule is CCOC(=O)c1c(NC(=O)C(C)Sc2nc3ccccc3c(=O)n2C)sc2c1CCc1ccccc1-2. The molecule has 0 spiro atoms. The molecule has 1 aliphatic carbocycles. The first-order valence-electron chi connectivity index (χ1n) is 11.7. The first-order valence-corrected chi connectivity index (χ1v) is 13.4. The first kappa shape index (κ1) is 24.3. The number of carbonyl (C=O) groups is 2. The highest BCUT2D eigenvalue weighted by Crippen LogP contribution is 2.45. The van der Waals surface area contributed by atoms with Gasteiger partial charge in [-0.1, -0.05) is 48.2 Å². The van der Waals surface area contributed by atoms with Crippen LogP contribution in [0.5, 0.6) is 0 Å². The van der Waals surface area contributed by atoms with Gasteiger partial charge < -0.3 is 10.1 Å². The van der Waals surface area contributed by atoms with Crippen LogP contribution in [-0.2, 0) is 29.4 Å². The molecule has 4 aromatic rings. The molecule has 1 unspecified atom stereocenters. The summed E-state index contributed by atoms with van der Waals surface area (Å²) < 4.78 is 6.81. The number of rotatable bonds is 6. The number of hydrogen-bond donors (Lipinski definition) is 1. The molecule has 2 heterocycles. The van der Waals surface area contributed by atoms with E-state index in [0.29, 0.717) is 33.0 Å². The van der Waals surface area contributed by atoms with Crippen LogP contribution in [0.25, 0.3) is 21.3 Å². The highest BCUT2D eigenvalue weighted by atomic mass is 32.2. The molecule has 2 aromatic carbocycles. The van der Waals surface area contributed by atoms with Crippen molar-refractivity contribution in [1.29, 1.82) is 0 Å².